The molecule has 1 amide bonds. The number of pyridine rings is 1. The number of benzene rings is 1. The molecule has 0 aliphatic carbocycles. The number of aromatic nitrogens is 1. The van der Waals surface area contributed by atoms with Crippen molar-refractivity contribution >= 4 is 23.2 Å². The van der Waals surface area contributed by atoms with Crippen LogP contribution >= 0.6 is 11.6 Å². The smallest absolute Gasteiger partial charge is 0.252 e. The van der Waals surface area contributed by atoms with Crippen LogP contribution in [0.5, 0.6) is 0 Å². The van der Waals surface area contributed by atoms with Crippen molar-refractivity contribution in [1.82, 2.24) is 10.3 Å². The number of rotatable bonds is 4. The number of halogens is 1. The molecular formula is C21H22ClN3O2. The monoisotopic (exact) mass is 383 g/mol. The molecule has 5 nitrogen and oxygen atoms in total. The molecule has 1 aromatic heterocycles. The predicted molar refractivity (Wildman–Crippen MR) is 104 cm³/mol. The first-order chi connectivity index (χ1) is 13.2. The van der Waals surface area contributed by atoms with Gasteiger partial charge < -0.3 is 15.0 Å². The van der Waals surface area contributed by atoms with E-state index in [9.17, 15) is 4.79 Å². The lowest BCUT2D eigenvalue weighted by Gasteiger charge is -2.29. The Bertz CT molecular complexity index is 862. The highest BCUT2D eigenvalue weighted by atomic mass is 35.5. The Balaban J connectivity index is 1.30. The molecule has 3 fully saturated rings. The summed E-state index contributed by atoms with van der Waals surface area (Å²) in [6, 6.07) is 11.3. The molecule has 6 heteroatoms. The summed E-state index contributed by atoms with van der Waals surface area (Å²) in [6.07, 6.45) is 6.11. The Morgan fingerprint density at radius 2 is 2.11 bits per heavy atom. The first-order valence-corrected chi connectivity index (χ1v) is 9.90. The highest BCUT2D eigenvalue weighted by Gasteiger charge is 2.62. The van der Waals surface area contributed by atoms with Crippen LogP contribution in [0, 0.1) is 11.8 Å². The molecule has 0 radical (unpaired) electrons. The number of ether oxygens (including phenoxy) is 1. The van der Waals surface area contributed by atoms with Gasteiger partial charge in [-0.15, -0.1) is 0 Å². The molecule has 140 valence electrons. The summed E-state index contributed by atoms with van der Waals surface area (Å²) in [5.74, 6) is 0.675. The fourth-order valence-electron chi connectivity index (χ4n) is 5.17. The van der Waals surface area contributed by atoms with E-state index in [1.165, 1.54) is 5.69 Å². The molecular weight excluding hydrogens is 362 g/mol. The Morgan fingerprint density at radius 3 is 2.93 bits per heavy atom. The first kappa shape index (κ1) is 17.0. The quantitative estimate of drug-likeness (QED) is 0.881. The van der Waals surface area contributed by atoms with Crippen molar-refractivity contribution in [1.29, 1.82) is 0 Å². The highest BCUT2D eigenvalue weighted by Crippen LogP contribution is 2.55. The van der Waals surface area contributed by atoms with Crippen molar-refractivity contribution in [3.63, 3.8) is 0 Å². The van der Waals surface area contributed by atoms with Gasteiger partial charge in [-0.05, 0) is 37.1 Å². The van der Waals surface area contributed by atoms with E-state index in [1.54, 1.807) is 12.1 Å². The summed E-state index contributed by atoms with van der Waals surface area (Å²) in [7, 11) is 0. The van der Waals surface area contributed by atoms with Crippen LogP contribution in [-0.2, 0) is 4.74 Å². The maximum Gasteiger partial charge on any atom is 0.252 e. The van der Waals surface area contributed by atoms with Crippen molar-refractivity contribution in [3.8, 4) is 0 Å². The summed E-state index contributed by atoms with van der Waals surface area (Å²) in [4.78, 5) is 19.1. The van der Waals surface area contributed by atoms with Crippen LogP contribution in [0.15, 0.2) is 48.8 Å². The third-order valence-corrected chi connectivity index (χ3v) is 6.76. The van der Waals surface area contributed by atoms with E-state index < -0.39 is 0 Å². The molecule has 3 saturated heterocycles. The van der Waals surface area contributed by atoms with Crippen LogP contribution in [0.4, 0.5) is 5.69 Å². The zero-order chi connectivity index (χ0) is 18.4. The van der Waals surface area contributed by atoms with Crippen LogP contribution in [0.3, 0.4) is 0 Å². The van der Waals surface area contributed by atoms with Crippen LogP contribution in [0.1, 0.15) is 23.2 Å². The molecule has 0 unspecified atom stereocenters. The number of carbonyl (C=O) groups is 1. The minimum absolute atomic E-state index is 0.0618. The van der Waals surface area contributed by atoms with Crippen molar-refractivity contribution in [2.24, 2.45) is 11.8 Å². The largest absolute Gasteiger partial charge is 0.369 e. The zero-order valence-electron chi connectivity index (χ0n) is 15.0. The van der Waals surface area contributed by atoms with Gasteiger partial charge in [0.25, 0.3) is 5.91 Å². The minimum Gasteiger partial charge on any atom is -0.369 e. The van der Waals surface area contributed by atoms with Gasteiger partial charge in [-0.3, -0.25) is 9.78 Å². The lowest BCUT2D eigenvalue weighted by Crippen LogP contribution is -2.41. The molecule has 3 aliphatic rings. The van der Waals surface area contributed by atoms with Gasteiger partial charge in [0.05, 0.1) is 22.3 Å². The standard InChI is InChI=1S/C21H22ClN3O2/c22-18-4-2-1-3-15(18)20(26)24-11-16-17-12-25(14-6-9-23-10-7-14)13-21(17)8-5-19(16)27-21/h1-4,6-7,9-10,16-17,19H,5,8,11-13H2,(H,24,26)/t16-,17+,19+,21+/m0/s1. The van der Waals surface area contributed by atoms with Gasteiger partial charge in [-0.2, -0.15) is 0 Å². The Kier molecular flexibility index (Phi) is 4.10. The van der Waals surface area contributed by atoms with Gasteiger partial charge in [-0.1, -0.05) is 23.7 Å². The van der Waals surface area contributed by atoms with E-state index >= 15 is 0 Å². The Hall–Kier alpha value is -2.11. The maximum atomic E-state index is 12.6. The topological polar surface area (TPSA) is 54.5 Å². The molecule has 2 bridgehead atoms. The first-order valence-electron chi connectivity index (χ1n) is 9.52. The summed E-state index contributed by atoms with van der Waals surface area (Å²) in [5.41, 5.74) is 1.66. The number of fused-ring (bicyclic) bond motifs is 1. The van der Waals surface area contributed by atoms with Crippen LogP contribution < -0.4 is 10.2 Å². The van der Waals surface area contributed by atoms with Gasteiger partial charge in [0, 0.05) is 49.6 Å². The predicted octanol–water partition coefficient (Wildman–Crippen LogP) is 3.15. The normalized spacial score (nSPS) is 31.1. The van der Waals surface area contributed by atoms with Gasteiger partial charge in [0.2, 0.25) is 0 Å². The molecule has 27 heavy (non-hydrogen) atoms. The van der Waals surface area contributed by atoms with Gasteiger partial charge in [0.15, 0.2) is 0 Å². The highest BCUT2D eigenvalue weighted by molar-refractivity contribution is 6.33. The number of nitrogens with one attached hydrogen (secondary N) is 1. The number of hydrogen-bond donors (Lipinski definition) is 1. The van der Waals surface area contributed by atoms with E-state index in [2.05, 4.69) is 27.3 Å². The van der Waals surface area contributed by atoms with Gasteiger partial charge in [-0.25, -0.2) is 0 Å². The molecule has 1 spiro atoms. The summed E-state index contributed by atoms with van der Waals surface area (Å²) >= 11 is 6.16. The molecule has 4 heterocycles. The van der Waals surface area contributed by atoms with Crippen molar-refractivity contribution < 1.29 is 9.53 Å². The van der Waals surface area contributed by atoms with Gasteiger partial charge in [0.1, 0.15) is 0 Å². The number of anilines is 1. The second-order valence-corrected chi connectivity index (χ2v) is 8.21. The SMILES string of the molecule is O=C(NC[C@H]1[C@H]2CN(c3ccncc3)C[C@]23CC[C@H]1O3)c1ccccc1Cl. The summed E-state index contributed by atoms with van der Waals surface area (Å²) < 4.78 is 6.48. The number of amides is 1. The fraction of sp³-hybridized carbons (Fsp3) is 0.429. The molecule has 0 saturated carbocycles. The molecule has 1 aromatic carbocycles. The Morgan fingerprint density at radius 1 is 1.30 bits per heavy atom. The van der Waals surface area contributed by atoms with E-state index in [0.717, 1.165) is 25.9 Å². The lowest BCUT2D eigenvalue weighted by molar-refractivity contribution is 0.0141. The molecule has 1 N–H and O–H groups in total. The lowest BCUT2D eigenvalue weighted by atomic mass is 9.73. The minimum atomic E-state index is -0.110. The number of nitrogens with zero attached hydrogens (tertiary/aromatic N) is 2. The van der Waals surface area contributed by atoms with Gasteiger partial charge >= 0.3 is 0 Å². The van der Waals surface area contributed by atoms with E-state index in [-0.39, 0.29) is 17.6 Å². The Labute approximate surface area is 163 Å². The molecule has 3 aliphatic heterocycles. The van der Waals surface area contributed by atoms with Crippen molar-refractivity contribution in [2.45, 2.75) is 24.5 Å². The average Bonchev–Trinajstić information content (AvgIpc) is 3.36. The summed E-state index contributed by atoms with van der Waals surface area (Å²) in [6.45, 7) is 2.52. The maximum absolute atomic E-state index is 12.6. The molecule has 2 aromatic rings. The second kappa shape index (κ2) is 6.50. The average molecular weight is 384 g/mol. The molecule has 5 rings (SSSR count). The fourth-order valence-corrected chi connectivity index (χ4v) is 5.39. The van der Waals surface area contributed by atoms with E-state index in [1.807, 2.05) is 24.5 Å². The number of hydrogen-bond acceptors (Lipinski definition) is 4. The zero-order valence-corrected chi connectivity index (χ0v) is 15.7. The van der Waals surface area contributed by atoms with E-state index in [4.69, 9.17) is 16.3 Å². The van der Waals surface area contributed by atoms with Crippen molar-refractivity contribution in [3.05, 3.63) is 59.4 Å². The third kappa shape index (κ3) is 2.80. The van der Waals surface area contributed by atoms with Crippen LogP contribution in [-0.4, -0.2) is 42.2 Å². The second-order valence-electron chi connectivity index (χ2n) is 7.81. The summed E-state index contributed by atoms with van der Waals surface area (Å²) in [5, 5.41) is 3.59. The molecule has 4 atom stereocenters. The van der Waals surface area contributed by atoms with E-state index in [0.29, 0.717) is 29.0 Å². The van der Waals surface area contributed by atoms with Crippen molar-refractivity contribution in [2.75, 3.05) is 24.5 Å². The third-order valence-electron chi connectivity index (χ3n) is 6.43. The number of carbonyl (C=O) groups excluding carboxylic acids is 1. The van der Waals surface area contributed by atoms with Crippen LogP contribution in [0.25, 0.3) is 0 Å². The van der Waals surface area contributed by atoms with Crippen LogP contribution in [0.2, 0.25) is 5.02 Å².